The van der Waals surface area contributed by atoms with Gasteiger partial charge in [-0.2, -0.15) is 13.2 Å². The molecule has 1 aromatic heterocycles. The van der Waals surface area contributed by atoms with Crippen molar-refractivity contribution in [2.75, 3.05) is 0 Å². The maximum atomic E-state index is 12.3. The number of nitrogens with one attached hydrogen (secondary N) is 1. The van der Waals surface area contributed by atoms with Crippen LogP contribution in [0, 0.1) is 0 Å². The van der Waals surface area contributed by atoms with Crippen LogP contribution in [0.1, 0.15) is 4.88 Å². The molecule has 0 aliphatic rings. The molecular formula is C7H8BrF3N2S. The minimum absolute atomic E-state index is 0.143. The van der Waals surface area contributed by atoms with E-state index in [0.717, 1.165) is 3.79 Å². The topological polar surface area (TPSA) is 38.0 Å². The van der Waals surface area contributed by atoms with Crippen LogP contribution in [0.3, 0.4) is 0 Å². The summed E-state index contributed by atoms with van der Waals surface area (Å²) in [5.74, 6) is 4.84. The van der Waals surface area contributed by atoms with Gasteiger partial charge in [-0.3, -0.25) is 5.84 Å². The van der Waals surface area contributed by atoms with E-state index < -0.39 is 12.2 Å². The Morgan fingerprint density at radius 1 is 1.50 bits per heavy atom. The molecule has 1 unspecified atom stereocenters. The van der Waals surface area contributed by atoms with Gasteiger partial charge < -0.3 is 0 Å². The highest BCUT2D eigenvalue weighted by Gasteiger charge is 2.38. The molecule has 7 heteroatoms. The van der Waals surface area contributed by atoms with E-state index in [0.29, 0.717) is 4.88 Å². The molecule has 0 saturated heterocycles. The molecule has 0 saturated carbocycles. The van der Waals surface area contributed by atoms with Gasteiger partial charge in [-0.15, -0.1) is 11.3 Å². The molecular weight excluding hydrogens is 281 g/mol. The Morgan fingerprint density at radius 2 is 2.14 bits per heavy atom. The Bertz CT molecular complexity index is 299. The average molecular weight is 289 g/mol. The maximum absolute atomic E-state index is 12.3. The SMILES string of the molecule is NNC(Cc1ccc(Br)s1)C(F)(F)F. The van der Waals surface area contributed by atoms with Crippen LogP contribution in [0.4, 0.5) is 13.2 Å². The molecule has 1 atom stereocenters. The Morgan fingerprint density at radius 3 is 2.50 bits per heavy atom. The van der Waals surface area contributed by atoms with Crippen molar-refractivity contribution in [1.29, 1.82) is 0 Å². The molecule has 2 nitrogen and oxygen atoms in total. The van der Waals surface area contributed by atoms with E-state index in [2.05, 4.69) is 15.9 Å². The lowest BCUT2D eigenvalue weighted by atomic mass is 10.2. The minimum atomic E-state index is -4.31. The summed E-state index contributed by atoms with van der Waals surface area (Å²) in [6.45, 7) is 0. The van der Waals surface area contributed by atoms with E-state index in [9.17, 15) is 13.2 Å². The number of nitrogens with two attached hydrogens (primary N) is 1. The van der Waals surface area contributed by atoms with Crippen LogP contribution >= 0.6 is 27.3 Å². The van der Waals surface area contributed by atoms with Gasteiger partial charge in [-0.1, -0.05) is 0 Å². The largest absolute Gasteiger partial charge is 0.405 e. The zero-order chi connectivity index (χ0) is 10.8. The normalized spacial score (nSPS) is 14.4. The van der Waals surface area contributed by atoms with Crippen molar-refractivity contribution >= 4 is 27.3 Å². The van der Waals surface area contributed by atoms with Crippen LogP contribution in [-0.2, 0) is 6.42 Å². The molecule has 0 amide bonds. The van der Waals surface area contributed by atoms with E-state index in [1.54, 1.807) is 17.6 Å². The second kappa shape index (κ2) is 4.61. The van der Waals surface area contributed by atoms with Crippen LogP contribution in [0.2, 0.25) is 0 Å². The van der Waals surface area contributed by atoms with Crippen LogP contribution in [0.5, 0.6) is 0 Å². The molecule has 1 aromatic rings. The molecule has 3 N–H and O–H groups in total. The van der Waals surface area contributed by atoms with Gasteiger partial charge in [0.2, 0.25) is 0 Å². The summed E-state index contributed by atoms with van der Waals surface area (Å²) >= 11 is 4.45. The summed E-state index contributed by atoms with van der Waals surface area (Å²) in [5, 5.41) is 0. The number of hydrazine groups is 1. The summed E-state index contributed by atoms with van der Waals surface area (Å²) < 4.78 is 37.6. The summed E-state index contributed by atoms with van der Waals surface area (Å²) in [5.41, 5.74) is 1.77. The van der Waals surface area contributed by atoms with Crippen molar-refractivity contribution in [1.82, 2.24) is 5.43 Å². The van der Waals surface area contributed by atoms with Crippen molar-refractivity contribution in [3.63, 3.8) is 0 Å². The third-order valence-corrected chi connectivity index (χ3v) is 3.28. The molecule has 14 heavy (non-hydrogen) atoms. The van der Waals surface area contributed by atoms with Crippen molar-refractivity contribution < 1.29 is 13.2 Å². The zero-order valence-corrected chi connectivity index (χ0v) is 9.34. The quantitative estimate of drug-likeness (QED) is 0.662. The van der Waals surface area contributed by atoms with Gasteiger partial charge in [0.1, 0.15) is 6.04 Å². The smallest absolute Gasteiger partial charge is 0.271 e. The van der Waals surface area contributed by atoms with Gasteiger partial charge >= 0.3 is 6.18 Å². The first-order chi connectivity index (χ1) is 6.43. The minimum Gasteiger partial charge on any atom is -0.271 e. The van der Waals surface area contributed by atoms with Crippen LogP contribution < -0.4 is 11.3 Å². The lowest BCUT2D eigenvalue weighted by molar-refractivity contribution is -0.155. The first-order valence-corrected chi connectivity index (χ1v) is 5.31. The van der Waals surface area contributed by atoms with Crippen molar-refractivity contribution in [3.05, 3.63) is 20.8 Å². The molecule has 0 aliphatic heterocycles. The lowest BCUT2D eigenvalue weighted by Crippen LogP contribution is -2.47. The van der Waals surface area contributed by atoms with Gasteiger partial charge in [-0.05, 0) is 28.1 Å². The molecule has 0 spiro atoms. The standard InChI is InChI=1S/C7H8BrF3N2S/c8-6-2-1-4(14-6)3-5(13-12)7(9,10)11/h1-2,5,13H,3,12H2. The second-order valence-electron chi connectivity index (χ2n) is 2.67. The molecule has 0 radical (unpaired) electrons. The van der Waals surface area contributed by atoms with Gasteiger partial charge in [0.25, 0.3) is 0 Å². The summed E-state index contributed by atoms with van der Waals surface area (Å²) in [6, 6.07) is 1.67. The Labute approximate surface area is 91.4 Å². The van der Waals surface area contributed by atoms with Gasteiger partial charge in [-0.25, -0.2) is 5.43 Å². The fourth-order valence-electron chi connectivity index (χ4n) is 0.932. The number of thiophene rings is 1. The van der Waals surface area contributed by atoms with Crippen LogP contribution in [-0.4, -0.2) is 12.2 Å². The first-order valence-electron chi connectivity index (χ1n) is 3.70. The van der Waals surface area contributed by atoms with Crippen LogP contribution in [0.15, 0.2) is 15.9 Å². The lowest BCUT2D eigenvalue weighted by Gasteiger charge is -2.18. The molecule has 80 valence electrons. The molecule has 1 rings (SSSR count). The third-order valence-electron chi connectivity index (χ3n) is 1.63. The summed E-state index contributed by atoms with van der Waals surface area (Å²) in [7, 11) is 0. The van der Waals surface area contributed by atoms with E-state index in [4.69, 9.17) is 5.84 Å². The zero-order valence-electron chi connectivity index (χ0n) is 6.94. The average Bonchev–Trinajstić information content (AvgIpc) is 2.45. The molecule has 0 fully saturated rings. The van der Waals surface area contributed by atoms with Gasteiger partial charge in [0.15, 0.2) is 0 Å². The first kappa shape index (κ1) is 12.0. The molecule has 0 aromatic carbocycles. The molecule has 0 aliphatic carbocycles. The van der Waals surface area contributed by atoms with Crippen LogP contribution in [0.25, 0.3) is 0 Å². The number of rotatable bonds is 3. The third kappa shape index (κ3) is 3.23. The van der Waals surface area contributed by atoms with Crippen molar-refractivity contribution in [2.24, 2.45) is 5.84 Å². The predicted octanol–water partition coefficient (Wildman–Crippen LogP) is 2.45. The highest BCUT2D eigenvalue weighted by molar-refractivity contribution is 9.11. The Kier molecular flexibility index (Phi) is 3.94. The fourth-order valence-corrected chi connectivity index (χ4v) is 2.46. The summed E-state index contributed by atoms with van der Waals surface area (Å²) in [4.78, 5) is 0.636. The Balaban J connectivity index is 2.66. The van der Waals surface area contributed by atoms with Crippen molar-refractivity contribution in [2.45, 2.75) is 18.6 Å². The molecule has 1 heterocycles. The highest BCUT2D eigenvalue weighted by atomic mass is 79.9. The van der Waals surface area contributed by atoms with E-state index in [1.165, 1.54) is 11.3 Å². The van der Waals surface area contributed by atoms with Crippen molar-refractivity contribution in [3.8, 4) is 0 Å². The maximum Gasteiger partial charge on any atom is 0.405 e. The van der Waals surface area contributed by atoms with Gasteiger partial charge in [0.05, 0.1) is 3.79 Å². The number of hydrogen-bond donors (Lipinski definition) is 2. The monoisotopic (exact) mass is 288 g/mol. The summed E-state index contributed by atoms with van der Waals surface area (Å²) in [6.07, 6.45) is -4.46. The number of hydrogen-bond acceptors (Lipinski definition) is 3. The van der Waals surface area contributed by atoms with E-state index >= 15 is 0 Å². The van der Waals surface area contributed by atoms with Gasteiger partial charge in [0, 0.05) is 11.3 Å². The fraction of sp³-hybridized carbons (Fsp3) is 0.429. The highest BCUT2D eigenvalue weighted by Crippen LogP contribution is 2.27. The van der Waals surface area contributed by atoms with E-state index in [-0.39, 0.29) is 6.42 Å². The Hall–Kier alpha value is -0.110. The molecule has 0 bridgehead atoms. The second-order valence-corrected chi connectivity index (χ2v) is 5.22. The predicted molar refractivity (Wildman–Crippen MR) is 52.9 cm³/mol. The number of alkyl halides is 3. The van der Waals surface area contributed by atoms with E-state index in [1.807, 2.05) is 0 Å². The number of halogens is 4.